The lowest BCUT2D eigenvalue weighted by molar-refractivity contribution is -0.149. The van der Waals surface area contributed by atoms with Crippen LogP contribution < -0.4 is 37.5 Å². The zero-order chi connectivity index (χ0) is 46.4. The first-order valence-electron chi connectivity index (χ1n) is 18.3. The Morgan fingerprint density at radius 2 is 0.812 bits per heavy atom. The van der Waals surface area contributed by atoms with E-state index in [0.717, 1.165) is 30.3 Å². The molecule has 0 bridgehead atoms. The predicted molar refractivity (Wildman–Crippen MR) is 200 cm³/mol. The molecule has 0 spiro atoms. The monoisotopic (exact) mass is 915 g/mol. The number of hydrogen-bond donors (Lipinski definition) is 0. The molecule has 22 heteroatoms. The molecule has 6 aromatic carbocycles. The molecule has 2 nitrogen and oxygen atoms in total. The smallest absolute Gasteiger partial charge is 0.416 e. The van der Waals surface area contributed by atoms with E-state index < -0.39 is 153 Å². The van der Waals surface area contributed by atoms with Crippen molar-refractivity contribution in [3.8, 4) is 17.2 Å². The van der Waals surface area contributed by atoms with Crippen molar-refractivity contribution in [2.45, 2.75) is 37.1 Å². The van der Waals surface area contributed by atoms with Crippen molar-refractivity contribution in [3.63, 3.8) is 0 Å². The molecule has 3 heterocycles. The number of para-hydroxylation sites is 3. The van der Waals surface area contributed by atoms with E-state index in [1.807, 2.05) is 0 Å². The van der Waals surface area contributed by atoms with E-state index in [1.54, 1.807) is 0 Å². The molecule has 0 radical (unpaired) electrons. The largest absolute Gasteiger partial charge is 0.458 e. The van der Waals surface area contributed by atoms with Gasteiger partial charge in [-0.15, -0.1) is 0 Å². The van der Waals surface area contributed by atoms with Crippen molar-refractivity contribution >= 4 is 68.0 Å². The lowest BCUT2D eigenvalue weighted by atomic mass is 9.32. The number of hydrogen-bond acceptors (Lipinski definition) is 1. The van der Waals surface area contributed by atoms with Crippen LogP contribution in [0.3, 0.4) is 0 Å². The van der Waals surface area contributed by atoms with Gasteiger partial charge in [0.15, 0.2) is 0 Å². The van der Waals surface area contributed by atoms with Gasteiger partial charge in [-0.2, -0.15) is 79.0 Å². The van der Waals surface area contributed by atoms with Crippen LogP contribution in [0.2, 0.25) is 0 Å². The number of halogens is 18. The fourth-order valence-corrected chi connectivity index (χ4v) is 8.95. The van der Waals surface area contributed by atoms with E-state index in [2.05, 4.69) is 0 Å². The maximum atomic E-state index is 15.1. The summed E-state index contributed by atoms with van der Waals surface area (Å²) in [5.41, 5.74) is -19.9. The van der Waals surface area contributed by atoms with Gasteiger partial charge < -0.3 is 9.30 Å². The van der Waals surface area contributed by atoms with Gasteiger partial charge in [-0.3, -0.25) is 0 Å². The van der Waals surface area contributed by atoms with Crippen LogP contribution in [0.5, 0.6) is 11.5 Å². The summed E-state index contributed by atoms with van der Waals surface area (Å²) in [6.07, 6.45) is -35.1. The number of nitrogens with zero attached hydrogens (tertiary/aromatic N) is 1. The normalized spacial score (nSPS) is 14.5. The second kappa shape index (κ2) is 13.7. The highest BCUT2D eigenvalue weighted by Gasteiger charge is 2.52. The zero-order valence-corrected chi connectivity index (χ0v) is 31.1. The Hall–Kier alpha value is -6.21. The van der Waals surface area contributed by atoms with Gasteiger partial charge in [-0.05, 0) is 81.3 Å². The number of rotatable bonds is 2. The van der Waals surface area contributed by atoms with Crippen molar-refractivity contribution in [1.29, 1.82) is 0 Å². The van der Waals surface area contributed by atoms with Crippen molar-refractivity contribution < 1.29 is 83.8 Å². The lowest BCUT2D eigenvalue weighted by Crippen LogP contribution is -2.62. The van der Waals surface area contributed by atoms with Gasteiger partial charge in [-0.1, -0.05) is 54.6 Å². The first-order valence-corrected chi connectivity index (χ1v) is 18.3. The van der Waals surface area contributed by atoms with Crippen LogP contribution >= 0.6 is 0 Å². The number of ether oxygens (including phenoxy) is 1. The topological polar surface area (TPSA) is 14.2 Å². The first-order chi connectivity index (χ1) is 29.6. The third-order valence-corrected chi connectivity index (χ3v) is 11.3. The number of benzene rings is 6. The summed E-state index contributed by atoms with van der Waals surface area (Å²) in [6.45, 7) is -4.66. The Morgan fingerprint density at radius 1 is 0.375 bits per heavy atom. The molecule has 0 atom stereocenters. The highest BCUT2D eigenvalue weighted by atomic mass is 19.4. The van der Waals surface area contributed by atoms with Gasteiger partial charge in [0.05, 0.1) is 38.9 Å². The molecular weight excluding hydrogens is 898 g/mol. The fourth-order valence-electron chi connectivity index (χ4n) is 8.95. The maximum absolute atomic E-state index is 15.1. The second-order valence-electron chi connectivity index (χ2n) is 15.0. The molecule has 0 saturated carbocycles. The van der Waals surface area contributed by atoms with E-state index in [0.29, 0.717) is 5.39 Å². The maximum Gasteiger partial charge on any atom is 0.416 e. The summed E-state index contributed by atoms with van der Waals surface area (Å²) in [5.74, 6) is -1.24. The molecule has 0 N–H and O–H groups in total. The number of alkyl halides is 18. The molecule has 9 rings (SSSR count). The Morgan fingerprint density at radius 3 is 1.31 bits per heavy atom. The molecule has 7 aromatic rings. The minimum atomic E-state index is -5.91. The number of aromatic nitrogens is 1. The summed E-state index contributed by atoms with van der Waals surface area (Å²) >= 11 is 0. The van der Waals surface area contributed by atoms with Crippen LogP contribution in [-0.4, -0.2) is 18.0 Å². The molecule has 2 aliphatic rings. The van der Waals surface area contributed by atoms with E-state index in [4.69, 9.17) is 4.74 Å². The van der Waals surface area contributed by atoms with Gasteiger partial charge in [0.25, 0.3) is 6.71 Å². The Labute approximate surface area is 346 Å². The second-order valence-corrected chi connectivity index (χ2v) is 15.0. The Bertz CT molecular complexity index is 3010. The summed E-state index contributed by atoms with van der Waals surface area (Å²) in [6, 6.07) is 13.8. The average Bonchev–Trinajstić information content (AvgIpc) is 3.52. The van der Waals surface area contributed by atoms with Crippen LogP contribution in [0.4, 0.5) is 79.0 Å². The summed E-state index contributed by atoms with van der Waals surface area (Å²) in [4.78, 5) is 0. The first kappa shape index (κ1) is 43.1. The molecule has 0 unspecified atom stereocenters. The van der Waals surface area contributed by atoms with E-state index in [1.165, 1.54) is 53.1 Å². The van der Waals surface area contributed by atoms with E-state index >= 15 is 52.7 Å². The average molecular weight is 915 g/mol. The standard InChI is InChI=1S/C42H17B2F18NO/c45-37(46,47)18-12-22(39(51,52)53)34(23(13-18)40(54,55)56)43-26-8-2-4-11-32(26)64-33-17-28-31(16-29(33)43)63-30-10-3-1-6-20(30)21-7-5-9-27(36(21)63)44(28)35-24(41(57,58)59)14-19(38(48,49)50)15-25(35)42(60,61)62/h1-17H. The van der Waals surface area contributed by atoms with Crippen LogP contribution in [0.15, 0.2) is 103 Å². The quantitative estimate of drug-likeness (QED) is 0.125. The Kier molecular flexibility index (Phi) is 9.18. The number of fused-ring (bicyclic) bond motifs is 7. The van der Waals surface area contributed by atoms with Gasteiger partial charge in [0.2, 0.25) is 6.71 Å². The molecular formula is C42H17B2F18NO. The highest BCUT2D eigenvalue weighted by Crippen LogP contribution is 2.44. The van der Waals surface area contributed by atoms with E-state index in [9.17, 15) is 26.3 Å². The third kappa shape index (κ3) is 6.73. The predicted octanol–water partition coefficient (Wildman–Crippen LogP) is 10.3. The van der Waals surface area contributed by atoms with Crippen LogP contribution in [0.1, 0.15) is 33.4 Å². The lowest BCUT2D eigenvalue weighted by Gasteiger charge is -2.35. The van der Waals surface area contributed by atoms with E-state index in [-0.39, 0.29) is 21.9 Å². The summed E-state index contributed by atoms with van der Waals surface area (Å²) in [7, 11) is 0. The SMILES string of the molecule is FC(F)(F)c1cc(C(F)(F)F)c(B2c3ccccc3Oc3cc4c(cc32)-n2c3ccccc3c3cccc(c32)B4c2c(C(F)(F)F)cc(C(F)(F)F)cc2C(F)(F)F)c(C(F)(F)F)c1. The fraction of sp³-hybridized carbons (Fsp3) is 0.143. The molecule has 0 aliphatic carbocycles. The van der Waals surface area contributed by atoms with Crippen LogP contribution in [0, 0.1) is 0 Å². The minimum absolute atomic E-state index is 0.127. The van der Waals surface area contributed by atoms with Crippen LogP contribution in [-0.2, 0) is 37.1 Å². The van der Waals surface area contributed by atoms with Gasteiger partial charge in [0.1, 0.15) is 11.5 Å². The molecule has 328 valence electrons. The molecule has 0 fully saturated rings. The minimum Gasteiger partial charge on any atom is -0.458 e. The van der Waals surface area contributed by atoms with Crippen molar-refractivity contribution in [1.82, 2.24) is 4.57 Å². The third-order valence-electron chi connectivity index (χ3n) is 11.3. The molecule has 2 aliphatic heterocycles. The summed E-state index contributed by atoms with van der Waals surface area (Å²) in [5, 5.41) is 0.456. The zero-order valence-electron chi connectivity index (χ0n) is 31.1. The van der Waals surface area contributed by atoms with Gasteiger partial charge >= 0.3 is 37.1 Å². The molecule has 0 saturated heterocycles. The molecule has 0 amide bonds. The molecule has 1 aromatic heterocycles. The summed E-state index contributed by atoms with van der Waals surface area (Å²) < 4.78 is 272. The molecule has 64 heavy (non-hydrogen) atoms. The van der Waals surface area contributed by atoms with Gasteiger partial charge in [0, 0.05) is 22.0 Å². The Balaban J connectivity index is 1.47. The van der Waals surface area contributed by atoms with Crippen molar-refractivity contribution in [3.05, 3.63) is 137 Å². The van der Waals surface area contributed by atoms with Crippen LogP contribution in [0.25, 0.3) is 27.5 Å². The van der Waals surface area contributed by atoms with Gasteiger partial charge in [-0.25, -0.2) is 0 Å². The van der Waals surface area contributed by atoms with Crippen molar-refractivity contribution in [2.75, 3.05) is 0 Å². The van der Waals surface area contributed by atoms with Crippen molar-refractivity contribution in [2.24, 2.45) is 0 Å². The highest BCUT2D eigenvalue weighted by molar-refractivity contribution is 7.00.